The highest BCUT2D eigenvalue weighted by atomic mass is 19.3. The summed E-state index contributed by atoms with van der Waals surface area (Å²) in [5.41, 5.74) is 4.77. The Morgan fingerprint density at radius 3 is 2.54 bits per heavy atom. The number of hydrogen-bond donors (Lipinski definition) is 3. The van der Waals surface area contributed by atoms with Gasteiger partial charge in [-0.15, -0.1) is 0 Å². The SMILES string of the molecule is CCCNC(=O)NCC(F)(F)CN. The van der Waals surface area contributed by atoms with E-state index < -0.39 is 25.0 Å². The first-order valence-electron chi connectivity index (χ1n) is 4.11. The molecule has 0 rings (SSSR count). The van der Waals surface area contributed by atoms with Crippen LogP contribution in [0.4, 0.5) is 13.6 Å². The summed E-state index contributed by atoms with van der Waals surface area (Å²) in [5, 5.41) is 4.43. The Kier molecular flexibility index (Phi) is 5.29. The number of carbonyl (C=O) groups excluding carboxylic acids is 1. The van der Waals surface area contributed by atoms with Gasteiger partial charge in [0.15, 0.2) is 0 Å². The zero-order chi connectivity index (χ0) is 10.3. The van der Waals surface area contributed by atoms with Gasteiger partial charge in [0.05, 0.1) is 13.1 Å². The number of carbonyl (C=O) groups is 1. The van der Waals surface area contributed by atoms with Crippen molar-refractivity contribution < 1.29 is 13.6 Å². The largest absolute Gasteiger partial charge is 0.338 e. The second kappa shape index (κ2) is 5.69. The molecule has 0 aromatic carbocycles. The summed E-state index contributed by atoms with van der Waals surface area (Å²) in [6, 6.07) is -0.588. The van der Waals surface area contributed by atoms with Crippen LogP contribution in [0.2, 0.25) is 0 Å². The summed E-state index contributed by atoms with van der Waals surface area (Å²) >= 11 is 0. The minimum atomic E-state index is -3.02. The predicted molar refractivity (Wildman–Crippen MR) is 45.7 cm³/mol. The van der Waals surface area contributed by atoms with Crippen LogP contribution >= 0.6 is 0 Å². The van der Waals surface area contributed by atoms with Gasteiger partial charge in [0.25, 0.3) is 5.92 Å². The molecule has 0 aliphatic heterocycles. The van der Waals surface area contributed by atoms with E-state index >= 15 is 0 Å². The minimum absolute atomic E-state index is 0.472. The highest BCUT2D eigenvalue weighted by Gasteiger charge is 2.26. The van der Waals surface area contributed by atoms with E-state index in [-0.39, 0.29) is 0 Å². The Morgan fingerprint density at radius 2 is 2.08 bits per heavy atom. The molecule has 0 aromatic heterocycles. The van der Waals surface area contributed by atoms with Crippen molar-refractivity contribution in [3.8, 4) is 0 Å². The van der Waals surface area contributed by atoms with Crippen molar-refractivity contribution in [2.45, 2.75) is 19.3 Å². The average molecular weight is 195 g/mol. The van der Waals surface area contributed by atoms with E-state index in [0.29, 0.717) is 6.54 Å². The molecule has 0 aliphatic carbocycles. The number of hydrogen-bond acceptors (Lipinski definition) is 2. The number of nitrogens with two attached hydrogens (primary N) is 1. The fraction of sp³-hybridized carbons (Fsp3) is 0.857. The molecule has 4 nitrogen and oxygen atoms in total. The molecule has 78 valence electrons. The van der Waals surface area contributed by atoms with E-state index in [2.05, 4.69) is 5.32 Å². The van der Waals surface area contributed by atoms with Gasteiger partial charge in [-0.2, -0.15) is 0 Å². The molecule has 0 atom stereocenters. The van der Waals surface area contributed by atoms with E-state index in [1.165, 1.54) is 0 Å². The number of halogens is 2. The second-order valence-electron chi connectivity index (χ2n) is 2.67. The molecule has 0 aromatic rings. The monoisotopic (exact) mass is 195 g/mol. The third-order valence-corrected chi connectivity index (χ3v) is 1.34. The number of alkyl halides is 2. The van der Waals surface area contributed by atoms with Crippen LogP contribution in [0.3, 0.4) is 0 Å². The van der Waals surface area contributed by atoms with Gasteiger partial charge in [-0.1, -0.05) is 6.92 Å². The molecule has 0 saturated carbocycles. The first kappa shape index (κ1) is 12.1. The Bertz CT molecular complexity index is 164. The van der Waals surface area contributed by atoms with Crippen molar-refractivity contribution in [1.82, 2.24) is 10.6 Å². The molecule has 13 heavy (non-hydrogen) atoms. The van der Waals surface area contributed by atoms with E-state index in [0.717, 1.165) is 6.42 Å². The zero-order valence-electron chi connectivity index (χ0n) is 7.57. The molecule has 0 bridgehead atoms. The normalized spacial score (nSPS) is 11.1. The topological polar surface area (TPSA) is 67.2 Å². The standard InChI is InChI=1S/C7H15F2N3O/c1-2-3-11-6(13)12-5-7(8,9)4-10/h2-5,10H2,1H3,(H2,11,12,13). The van der Waals surface area contributed by atoms with Gasteiger partial charge < -0.3 is 16.4 Å². The van der Waals surface area contributed by atoms with E-state index in [4.69, 9.17) is 5.73 Å². The van der Waals surface area contributed by atoms with Crippen molar-refractivity contribution in [1.29, 1.82) is 0 Å². The maximum Gasteiger partial charge on any atom is 0.314 e. The lowest BCUT2D eigenvalue weighted by atomic mass is 10.3. The molecule has 6 heteroatoms. The van der Waals surface area contributed by atoms with Crippen LogP contribution in [0, 0.1) is 0 Å². The third kappa shape index (κ3) is 6.27. The highest BCUT2D eigenvalue weighted by molar-refractivity contribution is 5.73. The molecule has 0 saturated heterocycles. The lowest BCUT2D eigenvalue weighted by Gasteiger charge is -2.14. The van der Waals surface area contributed by atoms with E-state index in [1.807, 2.05) is 12.2 Å². The maximum absolute atomic E-state index is 12.5. The van der Waals surface area contributed by atoms with Crippen LogP contribution < -0.4 is 16.4 Å². The Balaban J connectivity index is 3.57. The first-order chi connectivity index (χ1) is 6.02. The lowest BCUT2D eigenvalue weighted by molar-refractivity contribution is 0.0144. The van der Waals surface area contributed by atoms with E-state index in [9.17, 15) is 13.6 Å². The summed E-state index contributed by atoms with van der Waals surface area (Å²) in [6.45, 7) is 0.856. The number of nitrogens with one attached hydrogen (secondary N) is 2. The molecule has 0 unspecified atom stereocenters. The van der Waals surface area contributed by atoms with E-state index in [1.54, 1.807) is 0 Å². The summed E-state index contributed by atoms with van der Waals surface area (Å²) < 4.78 is 24.9. The predicted octanol–water partition coefficient (Wildman–Crippen LogP) is 0.290. The fourth-order valence-corrected chi connectivity index (χ4v) is 0.583. The lowest BCUT2D eigenvalue weighted by Crippen LogP contribution is -2.45. The average Bonchev–Trinajstić information content (AvgIpc) is 2.11. The van der Waals surface area contributed by atoms with Gasteiger partial charge in [0.2, 0.25) is 0 Å². The molecule has 0 aliphatic rings. The number of urea groups is 1. The minimum Gasteiger partial charge on any atom is -0.338 e. The zero-order valence-corrected chi connectivity index (χ0v) is 7.57. The van der Waals surface area contributed by atoms with Gasteiger partial charge >= 0.3 is 6.03 Å². The smallest absolute Gasteiger partial charge is 0.314 e. The van der Waals surface area contributed by atoms with Crippen molar-refractivity contribution in [2.24, 2.45) is 5.73 Å². The molecule has 0 radical (unpaired) electrons. The highest BCUT2D eigenvalue weighted by Crippen LogP contribution is 2.08. The van der Waals surface area contributed by atoms with Crippen molar-refractivity contribution in [2.75, 3.05) is 19.6 Å². The number of rotatable bonds is 5. The van der Waals surface area contributed by atoms with Crippen LogP contribution in [0.1, 0.15) is 13.3 Å². The summed E-state index contributed by atoms with van der Waals surface area (Å²) in [7, 11) is 0. The quantitative estimate of drug-likeness (QED) is 0.590. The summed E-state index contributed by atoms with van der Waals surface area (Å²) in [5.74, 6) is -3.02. The molecular weight excluding hydrogens is 180 g/mol. The second-order valence-corrected chi connectivity index (χ2v) is 2.67. The van der Waals surface area contributed by atoms with Crippen LogP contribution in [0.25, 0.3) is 0 Å². The molecule has 0 heterocycles. The molecule has 0 spiro atoms. The van der Waals surface area contributed by atoms with Crippen molar-refractivity contribution in [3.63, 3.8) is 0 Å². The van der Waals surface area contributed by atoms with Gasteiger partial charge in [0, 0.05) is 6.54 Å². The Morgan fingerprint density at radius 1 is 1.46 bits per heavy atom. The Labute approximate surface area is 75.9 Å². The van der Waals surface area contributed by atoms with Crippen LogP contribution in [-0.2, 0) is 0 Å². The molecule has 0 fully saturated rings. The molecule has 2 amide bonds. The van der Waals surface area contributed by atoms with Crippen molar-refractivity contribution in [3.05, 3.63) is 0 Å². The van der Waals surface area contributed by atoms with Crippen LogP contribution in [0.15, 0.2) is 0 Å². The van der Waals surface area contributed by atoms with Gasteiger partial charge in [0.1, 0.15) is 0 Å². The van der Waals surface area contributed by atoms with Crippen LogP contribution in [0.5, 0.6) is 0 Å². The molecule has 4 N–H and O–H groups in total. The summed E-state index contributed by atoms with van der Waals surface area (Å²) in [6.07, 6.45) is 0.765. The number of amides is 2. The third-order valence-electron chi connectivity index (χ3n) is 1.34. The van der Waals surface area contributed by atoms with Crippen molar-refractivity contribution >= 4 is 6.03 Å². The fourth-order valence-electron chi connectivity index (χ4n) is 0.583. The maximum atomic E-state index is 12.5. The molecular formula is C7H15F2N3O. The van der Waals surface area contributed by atoms with Crippen LogP contribution in [-0.4, -0.2) is 31.6 Å². The van der Waals surface area contributed by atoms with Gasteiger partial charge in [-0.25, -0.2) is 13.6 Å². The van der Waals surface area contributed by atoms with Gasteiger partial charge in [-0.3, -0.25) is 0 Å². The van der Waals surface area contributed by atoms with Gasteiger partial charge in [-0.05, 0) is 6.42 Å². The summed E-state index contributed by atoms with van der Waals surface area (Å²) in [4.78, 5) is 10.8. The Hall–Kier alpha value is -0.910. The first-order valence-corrected chi connectivity index (χ1v) is 4.11.